The fourth-order valence-electron chi connectivity index (χ4n) is 2.90. The second-order valence-corrected chi connectivity index (χ2v) is 5.75. The van der Waals surface area contributed by atoms with Gasteiger partial charge in [0.2, 0.25) is 0 Å². The summed E-state index contributed by atoms with van der Waals surface area (Å²) in [6.07, 6.45) is 4.45. The SMILES string of the molecule is Cc1ccc(Nc2nc3c(cc2C#N)CCCC3)c(C)c1. The van der Waals surface area contributed by atoms with Crippen LogP contribution < -0.4 is 5.32 Å². The van der Waals surface area contributed by atoms with E-state index in [0.29, 0.717) is 11.4 Å². The van der Waals surface area contributed by atoms with E-state index in [0.717, 1.165) is 24.2 Å². The van der Waals surface area contributed by atoms with Crippen LogP contribution in [0.4, 0.5) is 11.5 Å². The zero-order chi connectivity index (χ0) is 14.8. The summed E-state index contributed by atoms with van der Waals surface area (Å²) < 4.78 is 0. The molecule has 1 N–H and O–H groups in total. The number of aryl methyl sites for hydroxylation is 4. The number of pyridine rings is 1. The molecule has 1 aliphatic carbocycles. The summed E-state index contributed by atoms with van der Waals surface area (Å²) in [7, 11) is 0. The predicted molar refractivity (Wildman–Crippen MR) is 84.8 cm³/mol. The maximum absolute atomic E-state index is 9.38. The number of benzene rings is 1. The quantitative estimate of drug-likeness (QED) is 0.895. The second kappa shape index (κ2) is 5.57. The summed E-state index contributed by atoms with van der Waals surface area (Å²) >= 11 is 0. The highest BCUT2D eigenvalue weighted by molar-refractivity contribution is 5.66. The number of hydrogen-bond donors (Lipinski definition) is 1. The Morgan fingerprint density at radius 1 is 1.14 bits per heavy atom. The molecule has 0 amide bonds. The predicted octanol–water partition coefficient (Wildman–Crippen LogP) is 4.19. The van der Waals surface area contributed by atoms with E-state index in [4.69, 9.17) is 4.98 Å². The van der Waals surface area contributed by atoms with E-state index in [1.807, 2.05) is 12.1 Å². The van der Waals surface area contributed by atoms with E-state index in [2.05, 4.69) is 37.4 Å². The zero-order valence-electron chi connectivity index (χ0n) is 12.5. The zero-order valence-corrected chi connectivity index (χ0v) is 12.5. The first-order valence-corrected chi connectivity index (χ1v) is 7.44. The Balaban J connectivity index is 1.99. The largest absolute Gasteiger partial charge is 0.339 e. The first-order chi connectivity index (χ1) is 10.2. The highest BCUT2D eigenvalue weighted by Gasteiger charge is 2.15. The molecule has 0 bridgehead atoms. The van der Waals surface area contributed by atoms with Crippen LogP contribution in [0.2, 0.25) is 0 Å². The Labute approximate surface area is 125 Å². The average Bonchev–Trinajstić information content (AvgIpc) is 2.49. The molecule has 0 fully saturated rings. The number of nitriles is 1. The van der Waals surface area contributed by atoms with Crippen LogP contribution in [-0.2, 0) is 12.8 Å². The van der Waals surface area contributed by atoms with Crippen molar-refractivity contribution in [3.8, 4) is 6.07 Å². The van der Waals surface area contributed by atoms with Crippen molar-refractivity contribution in [2.75, 3.05) is 5.32 Å². The molecule has 1 aromatic carbocycles. The molecule has 3 nitrogen and oxygen atoms in total. The fourth-order valence-corrected chi connectivity index (χ4v) is 2.90. The van der Waals surface area contributed by atoms with Gasteiger partial charge in [0.15, 0.2) is 0 Å². The lowest BCUT2D eigenvalue weighted by atomic mass is 9.95. The van der Waals surface area contributed by atoms with Gasteiger partial charge in [0, 0.05) is 11.4 Å². The van der Waals surface area contributed by atoms with Crippen molar-refractivity contribution in [3.05, 3.63) is 52.2 Å². The number of anilines is 2. The molecule has 106 valence electrons. The lowest BCUT2D eigenvalue weighted by Gasteiger charge is -2.18. The van der Waals surface area contributed by atoms with Gasteiger partial charge in [-0.2, -0.15) is 5.26 Å². The molecule has 1 heterocycles. The summed E-state index contributed by atoms with van der Waals surface area (Å²) in [5.74, 6) is 0.685. The highest BCUT2D eigenvalue weighted by Crippen LogP contribution is 2.27. The minimum absolute atomic E-state index is 0.635. The third-order valence-corrected chi connectivity index (χ3v) is 4.06. The number of fused-ring (bicyclic) bond motifs is 1. The van der Waals surface area contributed by atoms with Gasteiger partial charge in [0.05, 0.1) is 5.56 Å². The smallest absolute Gasteiger partial charge is 0.148 e. The molecule has 1 aromatic heterocycles. The first kappa shape index (κ1) is 13.6. The standard InChI is InChI=1S/C18H19N3/c1-12-7-8-16(13(2)9-12)20-18-15(11-19)10-14-5-3-4-6-17(14)21-18/h7-10H,3-6H2,1-2H3,(H,20,21). The van der Waals surface area contributed by atoms with Crippen molar-refractivity contribution >= 4 is 11.5 Å². The topological polar surface area (TPSA) is 48.7 Å². The molecule has 21 heavy (non-hydrogen) atoms. The summed E-state index contributed by atoms with van der Waals surface area (Å²) in [5, 5.41) is 12.7. The van der Waals surface area contributed by atoms with Crippen molar-refractivity contribution in [1.29, 1.82) is 5.26 Å². The van der Waals surface area contributed by atoms with E-state index < -0.39 is 0 Å². The van der Waals surface area contributed by atoms with Crippen LogP contribution in [0.3, 0.4) is 0 Å². The van der Waals surface area contributed by atoms with E-state index in [1.165, 1.54) is 29.5 Å². The van der Waals surface area contributed by atoms with E-state index >= 15 is 0 Å². The van der Waals surface area contributed by atoms with Gasteiger partial charge in [-0.3, -0.25) is 0 Å². The second-order valence-electron chi connectivity index (χ2n) is 5.75. The molecule has 0 saturated heterocycles. The number of rotatable bonds is 2. The van der Waals surface area contributed by atoms with Gasteiger partial charge in [-0.05, 0) is 62.8 Å². The third-order valence-electron chi connectivity index (χ3n) is 4.06. The fraction of sp³-hybridized carbons (Fsp3) is 0.333. The van der Waals surface area contributed by atoms with Crippen LogP contribution in [0.1, 0.15) is 40.8 Å². The maximum atomic E-state index is 9.38. The lowest BCUT2D eigenvalue weighted by molar-refractivity contribution is 0.668. The third kappa shape index (κ3) is 2.75. The number of nitrogens with zero attached hydrogens (tertiary/aromatic N) is 2. The molecule has 0 unspecified atom stereocenters. The van der Waals surface area contributed by atoms with Crippen LogP contribution in [0.15, 0.2) is 24.3 Å². The van der Waals surface area contributed by atoms with Crippen molar-refractivity contribution < 1.29 is 0 Å². The molecule has 0 atom stereocenters. The van der Waals surface area contributed by atoms with E-state index in [9.17, 15) is 5.26 Å². The molecule has 0 radical (unpaired) electrons. The average molecular weight is 277 g/mol. The first-order valence-electron chi connectivity index (χ1n) is 7.44. The Kier molecular flexibility index (Phi) is 3.62. The van der Waals surface area contributed by atoms with Crippen molar-refractivity contribution in [1.82, 2.24) is 4.98 Å². The van der Waals surface area contributed by atoms with Crippen LogP contribution in [-0.4, -0.2) is 4.98 Å². The van der Waals surface area contributed by atoms with Crippen molar-refractivity contribution in [3.63, 3.8) is 0 Å². The summed E-state index contributed by atoms with van der Waals surface area (Å²) in [4.78, 5) is 4.71. The Hall–Kier alpha value is -2.34. The van der Waals surface area contributed by atoms with Crippen LogP contribution in [0, 0.1) is 25.2 Å². The Morgan fingerprint density at radius 2 is 1.95 bits per heavy atom. The van der Waals surface area contributed by atoms with Gasteiger partial charge >= 0.3 is 0 Å². The molecule has 2 aromatic rings. The summed E-state index contributed by atoms with van der Waals surface area (Å²) in [5.41, 5.74) is 6.43. The van der Waals surface area contributed by atoms with Crippen molar-refractivity contribution in [2.24, 2.45) is 0 Å². The van der Waals surface area contributed by atoms with Gasteiger partial charge < -0.3 is 5.32 Å². The van der Waals surface area contributed by atoms with Crippen LogP contribution >= 0.6 is 0 Å². The molecule has 3 rings (SSSR count). The molecule has 0 spiro atoms. The molecule has 1 aliphatic rings. The number of nitrogens with one attached hydrogen (secondary N) is 1. The van der Waals surface area contributed by atoms with Crippen LogP contribution in [0.5, 0.6) is 0 Å². The Bertz CT molecular complexity index is 726. The van der Waals surface area contributed by atoms with Gasteiger partial charge in [-0.15, -0.1) is 0 Å². The number of hydrogen-bond acceptors (Lipinski definition) is 3. The maximum Gasteiger partial charge on any atom is 0.148 e. The Morgan fingerprint density at radius 3 is 2.71 bits per heavy atom. The van der Waals surface area contributed by atoms with Gasteiger partial charge in [0.25, 0.3) is 0 Å². The summed E-state index contributed by atoms with van der Waals surface area (Å²) in [6, 6.07) is 10.5. The summed E-state index contributed by atoms with van der Waals surface area (Å²) in [6.45, 7) is 4.15. The van der Waals surface area contributed by atoms with Crippen LogP contribution in [0.25, 0.3) is 0 Å². The molecular weight excluding hydrogens is 258 g/mol. The molecular formula is C18H19N3. The number of aromatic nitrogens is 1. The molecule has 0 saturated carbocycles. The van der Waals surface area contributed by atoms with Gasteiger partial charge in [0.1, 0.15) is 11.9 Å². The van der Waals surface area contributed by atoms with E-state index in [-0.39, 0.29) is 0 Å². The van der Waals surface area contributed by atoms with Gasteiger partial charge in [-0.1, -0.05) is 17.7 Å². The normalized spacial score (nSPS) is 13.4. The van der Waals surface area contributed by atoms with Gasteiger partial charge in [-0.25, -0.2) is 4.98 Å². The van der Waals surface area contributed by atoms with Crippen molar-refractivity contribution in [2.45, 2.75) is 39.5 Å². The van der Waals surface area contributed by atoms with E-state index in [1.54, 1.807) is 0 Å². The minimum Gasteiger partial charge on any atom is -0.339 e. The monoisotopic (exact) mass is 277 g/mol. The highest BCUT2D eigenvalue weighted by atomic mass is 15.0. The lowest BCUT2D eigenvalue weighted by Crippen LogP contribution is -2.09. The minimum atomic E-state index is 0.635. The molecule has 3 heteroatoms. The molecule has 0 aliphatic heterocycles.